The summed E-state index contributed by atoms with van der Waals surface area (Å²) in [5.74, 6) is 0.114. The molecule has 2 aliphatic heterocycles. The number of benzene rings is 1. The van der Waals surface area contributed by atoms with Crippen molar-refractivity contribution in [3.05, 3.63) is 35.4 Å². The molecule has 2 heterocycles. The van der Waals surface area contributed by atoms with Gasteiger partial charge < -0.3 is 9.80 Å². The molecule has 2 amide bonds. The molecule has 2 aliphatic rings. The van der Waals surface area contributed by atoms with Crippen LogP contribution in [0.1, 0.15) is 51.2 Å². The molecule has 24 heavy (non-hydrogen) atoms. The van der Waals surface area contributed by atoms with Crippen LogP contribution in [0.15, 0.2) is 24.3 Å². The lowest BCUT2D eigenvalue weighted by Crippen LogP contribution is -2.53. The number of carbonyl (C=O) groups excluding carboxylic acids is 2. The van der Waals surface area contributed by atoms with Crippen LogP contribution in [0.25, 0.3) is 0 Å². The van der Waals surface area contributed by atoms with Crippen molar-refractivity contribution in [1.82, 2.24) is 9.80 Å². The van der Waals surface area contributed by atoms with Crippen LogP contribution in [-0.2, 0) is 22.6 Å². The lowest BCUT2D eigenvalue weighted by Gasteiger charge is -2.37. The molecule has 0 aromatic heterocycles. The van der Waals surface area contributed by atoms with Crippen molar-refractivity contribution in [3.63, 3.8) is 0 Å². The topological polar surface area (TPSA) is 40.6 Å². The Kier molecular flexibility index (Phi) is 4.66. The van der Waals surface area contributed by atoms with Crippen molar-refractivity contribution < 1.29 is 9.59 Å². The molecule has 1 aromatic rings. The van der Waals surface area contributed by atoms with Crippen LogP contribution in [0.4, 0.5) is 0 Å². The van der Waals surface area contributed by atoms with E-state index in [9.17, 15) is 9.59 Å². The summed E-state index contributed by atoms with van der Waals surface area (Å²) < 4.78 is 0. The highest BCUT2D eigenvalue weighted by atomic mass is 16.2. The largest absolute Gasteiger partial charge is 0.340 e. The molecule has 1 unspecified atom stereocenters. The Balaban J connectivity index is 1.82. The molecule has 0 spiro atoms. The fourth-order valence-electron chi connectivity index (χ4n) is 4.24. The van der Waals surface area contributed by atoms with E-state index >= 15 is 0 Å². The Labute approximate surface area is 144 Å². The van der Waals surface area contributed by atoms with E-state index in [1.54, 1.807) is 11.8 Å². The minimum atomic E-state index is -0.345. The van der Waals surface area contributed by atoms with Crippen LogP contribution in [0.5, 0.6) is 0 Å². The summed E-state index contributed by atoms with van der Waals surface area (Å²) >= 11 is 0. The summed E-state index contributed by atoms with van der Waals surface area (Å²) in [6, 6.07) is 7.80. The predicted octanol–water partition coefficient (Wildman–Crippen LogP) is 3.00. The molecule has 1 fully saturated rings. The second kappa shape index (κ2) is 6.58. The van der Waals surface area contributed by atoms with E-state index in [4.69, 9.17) is 0 Å². The molecule has 1 aromatic carbocycles. The second-order valence-corrected chi connectivity index (χ2v) is 7.35. The lowest BCUT2D eigenvalue weighted by atomic mass is 9.82. The van der Waals surface area contributed by atoms with Crippen LogP contribution in [-0.4, -0.2) is 40.7 Å². The molecule has 0 bridgehead atoms. The van der Waals surface area contributed by atoms with Gasteiger partial charge in [0.25, 0.3) is 0 Å². The van der Waals surface area contributed by atoms with Gasteiger partial charge in [0, 0.05) is 33.0 Å². The minimum absolute atomic E-state index is 0.0145. The first-order valence-corrected chi connectivity index (χ1v) is 9.12. The third kappa shape index (κ3) is 2.94. The molecule has 1 atom stereocenters. The first kappa shape index (κ1) is 17.0. The summed E-state index contributed by atoms with van der Waals surface area (Å²) in [7, 11) is 0. The molecule has 130 valence electrons. The fraction of sp³-hybridized carbons (Fsp3) is 0.600. The summed E-state index contributed by atoms with van der Waals surface area (Å²) in [6.45, 7) is 8.21. The Morgan fingerprint density at radius 1 is 1.17 bits per heavy atom. The zero-order valence-corrected chi connectivity index (χ0v) is 15.0. The SMILES string of the molecule is CCC1(CC)CCN(C(=O)C2Cc3ccccc3CN2C(C)=O)C1. The van der Waals surface area contributed by atoms with E-state index in [1.165, 1.54) is 5.56 Å². The summed E-state index contributed by atoms with van der Waals surface area (Å²) in [4.78, 5) is 29.1. The van der Waals surface area contributed by atoms with Gasteiger partial charge in [-0.15, -0.1) is 0 Å². The monoisotopic (exact) mass is 328 g/mol. The van der Waals surface area contributed by atoms with Crippen molar-refractivity contribution in [2.24, 2.45) is 5.41 Å². The highest BCUT2D eigenvalue weighted by molar-refractivity contribution is 5.88. The normalized spacial score (nSPS) is 22.4. The third-order valence-corrected chi connectivity index (χ3v) is 6.19. The maximum absolute atomic E-state index is 13.2. The van der Waals surface area contributed by atoms with Gasteiger partial charge in [0.2, 0.25) is 11.8 Å². The number of amides is 2. The number of fused-ring (bicyclic) bond motifs is 1. The average molecular weight is 328 g/mol. The predicted molar refractivity (Wildman–Crippen MR) is 94.4 cm³/mol. The molecular formula is C20H28N2O2. The zero-order valence-electron chi connectivity index (χ0n) is 15.0. The van der Waals surface area contributed by atoms with Gasteiger partial charge in [-0.25, -0.2) is 0 Å². The number of nitrogens with zero attached hydrogens (tertiary/aromatic N) is 2. The van der Waals surface area contributed by atoms with E-state index in [0.29, 0.717) is 13.0 Å². The Bertz CT molecular complexity index is 636. The van der Waals surface area contributed by atoms with Gasteiger partial charge in [-0.2, -0.15) is 0 Å². The molecule has 0 aliphatic carbocycles. The van der Waals surface area contributed by atoms with E-state index in [2.05, 4.69) is 26.0 Å². The van der Waals surface area contributed by atoms with Crippen molar-refractivity contribution >= 4 is 11.8 Å². The molecule has 1 saturated heterocycles. The van der Waals surface area contributed by atoms with Gasteiger partial charge in [0.05, 0.1) is 0 Å². The molecule has 3 rings (SSSR count). The Morgan fingerprint density at radius 2 is 1.83 bits per heavy atom. The zero-order chi connectivity index (χ0) is 17.3. The number of rotatable bonds is 3. The van der Waals surface area contributed by atoms with E-state index < -0.39 is 0 Å². The first-order chi connectivity index (χ1) is 11.5. The molecule has 0 radical (unpaired) electrons. The van der Waals surface area contributed by atoms with E-state index in [0.717, 1.165) is 37.9 Å². The first-order valence-electron chi connectivity index (χ1n) is 9.12. The van der Waals surface area contributed by atoms with Gasteiger partial charge in [-0.05, 0) is 35.8 Å². The van der Waals surface area contributed by atoms with Gasteiger partial charge in [-0.1, -0.05) is 38.1 Å². The number of carbonyl (C=O) groups is 2. The Hall–Kier alpha value is -1.84. The number of likely N-dealkylation sites (tertiary alicyclic amines) is 1. The van der Waals surface area contributed by atoms with Gasteiger partial charge in [0.15, 0.2) is 0 Å². The van der Waals surface area contributed by atoms with Crippen LogP contribution >= 0.6 is 0 Å². The summed E-state index contributed by atoms with van der Waals surface area (Å²) in [5, 5.41) is 0. The molecular weight excluding hydrogens is 300 g/mol. The van der Waals surface area contributed by atoms with Crippen LogP contribution in [0, 0.1) is 5.41 Å². The average Bonchev–Trinajstić information content (AvgIpc) is 3.05. The standard InChI is InChI=1S/C20H28N2O2/c1-4-20(5-2)10-11-21(14-20)19(24)18-12-16-8-6-7-9-17(16)13-22(18)15(3)23/h6-9,18H,4-5,10-14H2,1-3H3. The highest BCUT2D eigenvalue weighted by Crippen LogP contribution is 2.38. The van der Waals surface area contributed by atoms with E-state index in [-0.39, 0.29) is 23.3 Å². The molecule has 0 saturated carbocycles. The quantitative estimate of drug-likeness (QED) is 0.856. The maximum Gasteiger partial charge on any atom is 0.245 e. The van der Waals surface area contributed by atoms with Crippen molar-refractivity contribution in [1.29, 1.82) is 0 Å². The Morgan fingerprint density at radius 3 is 2.42 bits per heavy atom. The summed E-state index contributed by atoms with van der Waals surface area (Å²) in [6.07, 6.45) is 3.93. The number of hydrogen-bond donors (Lipinski definition) is 0. The molecule has 0 N–H and O–H groups in total. The lowest BCUT2D eigenvalue weighted by molar-refractivity contribution is -0.145. The minimum Gasteiger partial charge on any atom is -0.340 e. The van der Waals surface area contributed by atoms with Gasteiger partial charge >= 0.3 is 0 Å². The molecule has 4 heteroatoms. The smallest absolute Gasteiger partial charge is 0.245 e. The van der Waals surface area contributed by atoms with Crippen molar-refractivity contribution in [2.45, 2.75) is 59.0 Å². The van der Waals surface area contributed by atoms with Crippen LogP contribution in [0.2, 0.25) is 0 Å². The highest BCUT2D eigenvalue weighted by Gasteiger charge is 2.41. The number of hydrogen-bond acceptors (Lipinski definition) is 2. The van der Waals surface area contributed by atoms with Gasteiger partial charge in [-0.3, -0.25) is 9.59 Å². The van der Waals surface area contributed by atoms with Crippen LogP contribution in [0.3, 0.4) is 0 Å². The van der Waals surface area contributed by atoms with Crippen LogP contribution < -0.4 is 0 Å². The van der Waals surface area contributed by atoms with Crippen molar-refractivity contribution in [2.75, 3.05) is 13.1 Å². The third-order valence-electron chi connectivity index (χ3n) is 6.19. The summed E-state index contributed by atoms with van der Waals surface area (Å²) in [5.41, 5.74) is 2.63. The maximum atomic E-state index is 13.2. The second-order valence-electron chi connectivity index (χ2n) is 7.35. The fourth-order valence-corrected chi connectivity index (χ4v) is 4.24. The van der Waals surface area contributed by atoms with E-state index in [1.807, 2.05) is 17.0 Å². The van der Waals surface area contributed by atoms with Gasteiger partial charge in [0.1, 0.15) is 6.04 Å². The molecule has 4 nitrogen and oxygen atoms in total. The van der Waals surface area contributed by atoms with Crippen molar-refractivity contribution in [3.8, 4) is 0 Å².